The third-order valence-corrected chi connectivity index (χ3v) is 4.81. The molecule has 0 aromatic rings. The van der Waals surface area contributed by atoms with Crippen LogP contribution in [0.25, 0.3) is 0 Å². The average molecular weight is 272 g/mol. The van der Waals surface area contributed by atoms with Gasteiger partial charge in [-0.15, -0.1) is 0 Å². The van der Waals surface area contributed by atoms with E-state index in [1.54, 1.807) is 0 Å². The Morgan fingerprint density at radius 3 is 2.17 bits per heavy atom. The predicted molar refractivity (Wildman–Crippen MR) is 85.7 cm³/mol. The summed E-state index contributed by atoms with van der Waals surface area (Å²) < 4.78 is 0. The average Bonchev–Trinajstić information content (AvgIpc) is 2.73. The summed E-state index contributed by atoms with van der Waals surface area (Å²) in [5.41, 5.74) is 0. The number of hydrogen-bond donors (Lipinski definition) is 1. The van der Waals surface area contributed by atoms with Crippen LogP contribution in [0.1, 0.15) is 78.1 Å². The van der Waals surface area contributed by atoms with E-state index in [0.29, 0.717) is 0 Å². The van der Waals surface area contributed by atoms with E-state index < -0.39 is 0 Å². The molecule has 1 aliphatic heterocycles. The van der Waals surface area contributed by atoms with E-state index in [-0.39, 0.29) is 0 Å². The zero-order valence-electron chi connectivity index (χ0n) is 12.5. The largest absolute Gasteiger partial charge is 0.298 e. The molecule has 2 heteroatoms. The summed E-state index contributed by atoms with van der Waals surface area (Å²) in [6.45, 7) is 6.10. The lowest BCUT2D eigenvalue weighted by Gasteiger charge is -2.27. The van der Waals surface area contributed by atoms with Crippen LogP contribution in [-0.4, -0.2) is 29.3 Å². The molecule has 1 fully saturated rings. The van der Waals surface area contributed by atoms with E-state index in [0.717, 1.165) is 17.8 Å². The molecule has 0 bridgehead atoms. The molecule has 0 spiro atoms. The van der Waals surface area contributed by atoms with E-state index in [1.165, 1.54) is 70.8 Å². The topological polar surface area (TPSA) is 3.24 Å². The van der Waals surface area contributed by atoms with Crippen molar-refractivity contribution < 1.29 is 0 Å². The maximum absolute atomic E-state index is 4.25. The number of rotatable bonds is 10. The number of likely N-dealkylation sites (tertiary alicyclic amines) is 1. The molecule has 1 nitrogen and oxygen atoms in total. The lowest BCUT2D eigenvalue weighted by atomic mass is 10.1. The molecule has 0 radical (unpaired) electrons. The first-order chi connectivity index (χ1) is 8.79. The van der Waals surface area contributed by atoms with Crippen LogP contribution in [0.15, 0.2) is 0 Å². The van der Waals surface area contributed by atoms with Crippen LogP contribution in [0, 0.1) is 0 Å². The van der Waals surface area contributed by atoms with Crippen molar-refractivity contribution in [2.75, 3.05) is 12.3 Å². The van der Waals surface area contributed by atoms with Crippen molar-refractivity contribution >= 4 is 12.6 Å². The van der Waals surface area contributed by atoms with Gasteiger partial charge >= 0.3 is 0 Å². The van der Waals surface area contributed by atoms with E-state index >= 15 is 0 Å². The molecule has 1 aliphatic rings. The fraction of sp³-hybridized carbons (Fsp3) is 1.00. The van der Waals surface area contributed by atoms with Gasteiger partial charge in [0.05, 0.1) is 0 Å². The smallest absolute Gasteiger partial charge is 0.00960 e. The van der Waals surface area contributed by atoms with Gasteiger partial charge in [0.2, 0.25) is 0 Å². The van der Waals surface area contributed by atoms with Gasteiger partial charge < -0.3 is 0 Å². The van der Waals surface area contributed by atoms with Crippen LogP contribution in [0.4, 0.5) is 0 Å². The van der Waals surface area contributed by atoms with Crippen molar-refractivity contribution in [1.29, 1.82) is 0 Å². The molecule has 0 N–H and O–H groups in total. The van der Waals surface area contributed by atoms with Crippen molar-refractivity contribution in [1.82, 2.24) is 4.90 Å². The normalized spacial score (nSPS) is 24.8. The Labute approximate surface area is 120 Å². The summed E-state index contributed by atoms with van der Waals surface area (Å²) in [4.78, 5) is 2.76. The quantitative estimate of drug-likeness (QED) is 0.436. The summed E-state index contributed by atoms with van der Waals surface area (Å²) in [6.07, 6.45) is 14.0. The molecule has 1 rings (SSSR count). The van der Waals surface area contributed by atoms with Gasteiger partial charge in [0.15, 0.2) is 0 Å². The maximum atomic E-state index is 4.25. The zero-order chi connectivity index (χ0) is 13.2. The molecular weight excluding hydrogens is 238 g/mol. The van der Waals surface area contributed by atoms with Gasteiger partial charge in [-0.25, -0.2) is 0 Å². The van der Waals surface area contributed by atoms with Crippen LogP contribution in [0.2, 0.25) is 0 Å². The van der Waals surface area contributed by atoms with Gasteiger partial charge in [0, 0.05) is 12.1 Å². The fourth-order valence-electron chi connectivity index (χ4n) is 3.26. The molecule has 0 aromatic heterocycles. The van der Waals surface area contributed by atoms with Gasteiger partial charge in [-0.1, -0.05) is 39.0 Å². The zero-order valence-corrected chi connectivity index (χ0v) is 13.4. The molecule has 108 valence electrons. The minimum Gasteiger partial charge on any atom is -0.298 e. The monoisotopic (exact) mass is 271 g/mol. The van der Waals surface area contributed by atoms with E-state index in [4.69, 9.17) is 0 Å². The number of thiol groups is 1. The van der Waals surface area contributed by atoms with Gasteiger partial charge in [0.25, 0.3) is 0 Å². The van der Waals surface area contributed by atoms with Crippen molar-refractivity contribution in [3.05, 3.63) is 0 Å². The lowest BCUT2D eigenvalue weighted by molar-refractivity contribution is 0.194. The standard InChI is InChI=1S/C16H33NS/c1-3-16-12-11-15(2)17(16)13-9-7-5-4-6-8-10-14-18/h15-16,18H,3-14H2,1-2H3. The highest BCUT2D eigenvalue weighted by molar-refractivity contribution is 7.80. The lowest BCUT2D eigenvalue weighted by Crippen LogP contribution is -2.34. The second-order valence-electron chi connectivity index (χ2n) is 5.92. The molecule has 1 saturated heterocycles. The van der Waals surface area contributed by atoms with Crippen LogP contribution in [0.5, 0.6) is 0 Å². The molecule has 0 aliphatic carbocycles. The minimum atomic E-state index is 0.838. The number of nitrogens with zero attached hydrogens (tertiary/aromatic N) is 1. The van der Waals surface area contributed by atoms with Gasteiger partial charge in [-0.05, 0) is 51.3 Å². The van der Waals surface area contributed by atoms with Crippen molar-refractivity contribution in [3.8, 4) is 0 Å². The van der Waals surface area contributed by atoms with Crippen LogP contribution in [-0.2, 0) is 0 Å². The molecule has 0 saturated carbocycles. The molecule has 0 amide bonds. The van der Waals surface area contributed by atoms with E-state index in [9.17, 15) is 0 Å². The Balaban J connectivity index is 1.96. The summed E-state index contributed by atoms with van der Waals surface area (Å²) in [7, 11) is 0. The Morgan fingerprint density at radius 2 is 1.56 bits per heavy atom. The van der Waals surface area contributed by atoms with E-state index in [1.807, 2.05) is 0 Å². The Bertz CT molecular complexity index is 196. The van der Waals surface area contributed by atoms with Crippen LogP contribution in [0.3, 0.4) is 0 Å². The molecule has 0 aromatic carbocycles. The van der Waals surface area contributed by atoms with Gasteiger partial charge in [0.1, 0.15) is 0 Å². The first kappa shape index (κ1) is 16.4. The first-order valence-corrected chi connectivity index (χ1v) is 8.79. The van der Waals surface area contributed by atoms with Crippen molar-refractivity contribution in [2.45, 2.75) is 90.1 Å². The Hall–Kier alpha value is 0.310. The van der Waals surface area contributed by atoms with Gasteiger partial charge in [-0.2, -0.15) is 12.6 Å². The fourth-order valence-corrected chi connectivity index (χ4v) is 3.48. The first-order valence-electron chi connectivity index (χ1n) is 8.16. The second-order valence-corrected chi connectivity index (χ2v) is 6.37. The van der Waals surface area contributed by atoms with Gasteiger partial charge in [-0.3, -0.25) is 4.90 Å². The molecule has 1 heterocycles. The summed E-state index contributed by atoms with van der Waals surface area (Å²) in [5.74, 6) is 1.06. The van der Waals surface area contributed by atoms with Crippen LogP contribution < -0.4 is 0 Å². The summed E-state index contributed by atoms with van der Waals surface area (Å²) in [6, 6.07) is 1.72. The molecular formula is C16H33NS. The SMILES string of the molecule is CCC1CCC(C)N1CCCCCCCCCS. The number of hydrogen-bond acceptors (Lipinski definition) is 2. The number of unbranched alkanes of at least 4 members (excludes halogenated alkanes) is 6. The Kier molecular flexibility index (Phi) is 9.22. The van der Waals surface area contributed by atoms with Crippen LogP contribution >= 0.6 is 12.6 Å². The minimum absolute atomic E-state index is 0.838. The van der Waals surface area contributed by atoms with Crippen molar-refractivity contribution in [2.24, 2.45) is 0 Å². The van der Waals surface area contributed by atoms with E-state index in [2.05, 4.69) is 31.4 Å². The molecule has 2 atom stereocenters. The Morgan fingerprint density at radius 1 is 0.944 bits per heavy atom. The highest BCUT2D eigenvalue weighted by Gasteiger charge is 2.28. The van der Waals surface area contributed by atoms with Crippen molar-refractivity contribution in [3.63, 3.8) is 0 Å². The second kappa shape index (κ2) is 10.1. The molecule has 2 unspecified atom stereocenters. The highest BCUT2D eigenvalue weighted by Crippen LogP contribution is 2.26. The third kappa shape index (κ3) is 5.97. The highest BCUT2D eigenvalue weighted by atomic mass is 32.1. The molecule has 18 heavy (non-hydrogen) atoms. The predicted octanol–water partition coefficient (Wildman–Crippen LogP) is 4.91. The third-order valence-electron chi connectivity index (χ3n) is 4.50. The summed E-state index contributed by atoms with van der Waals surface area (Å²) in [5, 5.41) is 0. The maximum Gasteiger partial charge on any atom is 0.00960 e. The summed E-state index contributed by atoms with van der Waals surface area (Å²) >= 11 is 4.25.